The fourth-order valence-corrected chi connectivity index (χ4v) is 7.55. The van der Waals surface area contributed by atoms with Crippen molar-refractivity contribution in [2.24, 2.45) is 40.4 Å². The van der Waals surface area contributed by atoms with E-state index in [0.717, 1.165) is 19.3 Å². The number of carbonyl (C=O) groups is 3. The van der Waals surface area contributed by atoms with Crippen LogP contribution in [0.25, 0.3) is 0 Å². The Labute approximate surface area is 195 Å². The molecule has 0 bridgehead atoms. The molecule has 0 aromatic rings. The molecule has 4 aliphatic carbocycles. The van der Waals surface area contributed by atoms with Gasteiger partial charge in [0, 0.05) is 29.2 Å². The fraction of sp³-hybridized carbons (Fsp3) is 0.667. The number of ketones is 2. The van der Waals surface area contributed by atoms with Crippen LogP contribution in [0.3, 0.4) is 0 Å². The summed E-state index contributed by atoms with van der Waals surface area (Å²) in [7, 11) is 0. The van der Waals surface area contributed by atoms with Crippen LogP contribution in [0.1, 0.15) is 59.8 Å². The van der Waals surface area contributed by atoms with Crippen molar-refractivity contribution in [2.75, 3.05) is 6.61 Å². The van der Waals surface area contributed by atoms with Crippen molar-refractivity contribution >= 4 is 17.5 Å². The van der Waals surface area contributed by atoms with Crippen LogP contribution in [0.2, 0.25) is 0 Å². The van der Waals surface area contributed by atoms with Gasteiger partial charge in [-0.2, -0.15) is 0 Å². The van der Waals surface area contributed by atoms with Crippen LogP contribution in [0.15, 0.2) is 35.7 Å². The summed E-state index contributed by atoms with van der Waals surface area (Å²) in [5.74, 6) is -1.93. The normalized spacial score (nSPS) is 41.5. The third-order valence-corrected chi connectivity index (χ3v) is 8.90. The van der Waals surface area contributed by atoms with Crippen LogP contribution >= 0.6 is 0 Å². The molecule has 6 heteroatoms. The summed E-state index contributed by atoms with van der Waals surface area (Å²) in [5.41, 5.74) is -0.940. The molecule has 180 valence electrons. The topological polar surface area (TPSA) is 80.7 Å². The minimum Gasteiger partial charge on any atom is -0.458 e. The lowest BCUT2D eigenvalue weighted by molar-refractivity contribution is -0.153. The van der Waals surface area contributed by atoms with E-state index in [2.05, 4.69) is 0 Å². The molecule has 8 atom stereocenters. The number of Topliss-reactive ketones (excluding diaryl/α,β-unsaturated/α-hetero) is 1. The number of hydrogen-bond donors (Lipinski definition) is 1. The summed E-state index contributed by atoms with van der Waals surface area (Å²) >= 11 is 0. The first-order valence-corrected chi connectivity index (χ1v) is 12.2. The molecule has 0 aliphatic heterocycles. The summed E-state index contributed by atoms with van der Waals surface area (Å²) < 4.78 is 20.5. The number of aliphatic hydroxyl groups is 1. The Morgan fingerprint density at radius 2 is 2.03 bits per heavy atom. The monoisotopic (exact) mass is 458 g/mol. The Morgan fingerprint density at radius 1 is 1.30 bits per heavy atom. The quantitative estimate of drug-likeness (QED) is 0.593. The first kappa shape index (κ1) is 24.1. The van der Waals surface area contributed by atoms with E-state index in [1.807, 2.05) is 27.7 Å². The van der Waals surface area contributed by atoms with Crippen molar-refractivity contribution in [1.29, 1.82) is 0 Å². The molecule has 33 heavy (non-hydrogen) atoms. The number of esters is 1. The van der Waals surface area contributed by atoms with Gasteiger partial charge in [0.1, 0.15) is 12.4 Å². The molecule has 0 saturated heterocycles. The number of allylic oxidation sites excluding steroid dienone is 6. The molecule has 0 aromatic carbocycles. The molecular weight excluding hydrogens is 423 g/mol. The van der Waals surface area contributed by atoms with E-state index in [0.29, 0.717) is 18.4 Å². The maximum atomic E-state index is 15.3. The molecule has 0 aromatic heterocycles. The Kier molecular flexibility index (Phi) is 6.27. The van der Waals surface area contributed by atoms with Gasteiger partial charge in [0.05, 0.1) is 6.10 Å². The summed E-state index contributed by atoms with van der Waals surface area (Å²) in [6, 6.07) is 0. The van der Waals surface area contributed by atoms with Crippen LogP contribution < -0.4 is 0 Å². The molecular formula is C27H35FO5. The number of rotatable bonds is 6. The first-order valence-electron chi connectivity index (χ1n) is 12.2. The average molecular weight is 459 g/mol. The van der Waals surface area contributed by atoms with Crippen LogP contribution in [-0.2, 0) is 19.1 Å². The number of ether oxygens (including phenoxy) is 1. The second-order valence-corrected chi connectivity index (χ2v) is 11.0. The van der Waals surface area contributed by atoms with Crippen molar-refractivity contribution in [3.63, 3.8) is 0 Å². The lowest BCUT2D eigenvalue weighted by Gasteiger charge is -2.56. The van der Waals surface area contributed by atoms with Gasteiger partial charge in [-0.25, -0.2) is 4.39 Å². The van der Waals surface area contributed by atoms with Crippen LogP contribution in [0.4, 0.5) is 4.39 Å². The molecule has 1 N–H and O–H groups in total. The summed E-state index contributed by atoms with van der Waals surface area (Å²) in [4.78, 5) is 37.1. The summed E-state index contributed by atoms with van der Waals surface area (Å²) in [5, 5.41) is 11.4. The van der Waals surface area contributed by atoms with Crippen molar-refractivity contribution in [1.82, 2.24) is 0 Å². The van der Waals surface area contributed by atoms with E-state index in [-0.39, 0.29) is 53.7 Å². The molecule has 0 unspecified atom stereocenters. The fourth-order valence-electron chi connectivity index (χ4n) is 7.55. The molecule has 0 spiro atoms. The predicted molar refractivity (Wildman–Crippen MR) is 121 cm³/mol. The van der Waals surface area contributed by atoms with Crippen LogP contribution in [-0.4, -0.2) is 35.4 Å². The lowest BCUT2D eigenvalue weighted by Crippen LogP contribution is -2.55. The highest BCUT2D eigenvalue weighted by molar-refractivity contribution is 6.01. The highest BCUT2D eigenvalue weighted by Crippen LogP contribution is 2.66. The molecule has 4 rings (SSSR count). The molecule has 2 saturated carbocycles. The molecule has 0 amide bonds. The van der Waals surface area contributed by atoms with E-state index in [1.165, 1.54) is 12.2 Å². The zero-order valence-electron chi connectivity index (χ0n) is 20.0. The van der Waals surface area contributed by atoms with Crippen molar-refractivity contribution in [3.05, 3.63) is 35.7 Å². The van der Waals surface area contributed by atoms with Gasteiger partial charge in [-0.1, -0.05) is 40.2 Å². The lowest BCUT2D eigenvalue weighted by atomic mass is 9.48. The zero-order valence-corrected chi connectivity index (χ0v) is 20.0. The molecule has 5 nitrogen and oxygen atoms in total. The van der Waals surface area contributed by atoms with E-state index in [1.54, 1.807) is 12.2 Å². The zero-order chi connectivity index (χ0) is 24.1. The Bertz CT molecular complexity index is 948. The number of halogens is 1. The van der Waals surface area contributed by atoms with Crippen molar-refractivity contribution in [2.45, 2.75) is 65.9 Å². The third kappa shape index (κ3) is 3.84. The van der Waals surface area contributed by atoms with Gasteiger partial charge in [-0.05, 0) is 60.7 Å². The Balaban J connectivity index is 1.62. The van der Waals surface area contributed by atoms with Gasteiger partial charge < -0.3 is 9.84 Å². The van der Waals surface area contributed by atoms with E-state index in [9.17, 15) is 19.5 Å². The third-order valence-electron chi connectivity index (χ3n) is 8.90. The van der Waals surface area contributed by atoms with E-state index < -0.39 is 22.8 Å². The van der Waals surface area contributed by atoms with Crippen LogP contribution in [0, 0.1) is 40.4 Å². The van der Waals surface area contributed by atoms with Crippen molar-refractivity contribution in [3.8, 4) is 0 Å². The standard InChI is InChI=1S/C27H35FO5/c1-5-6-7-23(32)33-14-22(31)24-15(2)10-18-17-12-20(28)19-11-16(29)8-9-26(19,3)25(17)21(30)13-27(18,24)4/h8-9,11-12,15,17-18,21,24-25,30H,5-7,10,13-14H2,1-4H3/t15-,17+,18+,21+,24-,25-,26+,27+/m1/s1. The van der Waals surface area contributed by atoms with Gasteiger partial charge in [-0.15, -0.1) is 0 Å². The van der Waals surface area contributed by atoms with Gasteiger partial charge in [-0.3, -0.25) is 14.4 Å². The molecule has 4 aliphatic rings. The molecule has 0 heterocycles. The number of fused-ring (bicyclic) bond motifs is 5. The van der Waals surface area contributed by atoms with Crippen LogP contribution in [0.5, 0.6) is 0 Å². The number of unbranched alkanes of at least 4 members (excludes halogenated alkanes) is 1. The largest absolute Gasteiger partial charge is 0.458 e. The maximum Gasteiger partial charge on any atom is 0.306 e. The highest BCUT2D eigenvalue weighted by Gasteiger charge is 2.64. The van der Waals surface area contributed by atoms with Gasteiger partial charge in [0.2, 0.25) is 0 Å². The Hall–Kier alpha value is -2.08. The second kappa shape index (κ2) is 8.61. The molecule has 0 radical (unpaired) electrons. The maximum absolute atomic E-state index is 15.3. The smallest absolute Gasteiger partial charge is 0.306 e. The van der Waals surface area contributed by atoms with Gasteiger partial charge in [0.25, 0.3) is 0 Å². The number of carbonyl (C=O) groups excluding carboxylic acids is 3. The number of aliphatic hydroxyl groups excluding tert-OH is 1. The van der Waals surface area contributed by atoms with Crippen molar-refractivity contribution < 1.29 is 28.6 Å². The first-order chi connectivity index (χ1) is 15.5. The van der Waals surface area contributed by atoms with E-state index >= 15 is 4.39 Å². The molecule has 2 fully saturated rings. The second-order valence-electron chi connectivity index (χ2n) is 11.0. The Morgan fingerprint density at radius 3 is 2.73 bits per heavy atom. The van der Waals surface area contributed by atoms with Gasteiger partial charge >= 0.3 is 5.97 Å². The minimum absolute atomic E-state index is 0.0146. The van der Waals surface area contributed by atoms with Gasteiger partial charge in [0.15, 0.2) is 11.6 Å². The summed E-state index contributed by atoms with van der Waals surface area (Å²) in [6.07, 6.45) is 8.48. The highest BCUT2D eigenvalue weighted by atomic mass is 19.1. The number of hydrogen-bond acceptors (Lipinski definition) is 5. The van der Waals surface area contributed by atoms with E-state index in [4.69, 9.17) is 4.74 Å². The SMILES string of the molecule is CCCCC(=O)OCC(=O)[C@H]1[C@H](C)C[C@H]2[C@@H]3C=C(F)C4=CC(=O)C=C[C@]4(C)[C@H]3[C@@H](O)C[C@@]21C. The minimum atomic E-state index is -0.766. The average Bonchev–Trinajstić information content (AvgIpc) is 3.01. The predicted octanol–water partition coefficient (Wildman–Crippen LogP) is 4.50. The summed E-state index contributed by atoms with van der Waals surface area (Å²) in [6.45, 7) is 7.70.